The lowest BCUT2D eigenvalue weighted by molar-refractivity contribution is -0.146. The van der Waals surface area contributed by atoms with Crippen molar-refractivity contribution in [3.05, 3.63) is 71.2 Å². The summed E-state index contributed by atoms with van der Waals surface area (Å²) in [7, 11) is 0. The molecule has 0 fully saturated rings. The summed E-state index contributed by atoms with van der Waals surface area (Å²) >= 11 is 1.42. The van der Waals surface area contributed by atoms with Crippen molar-refractivity contribution in [2.75, 3.05) is 16.4 Å². The second kappa shape index (κ2) is 12.8. The zero-order chi connectivity index (χ0) is 32.2. The van der Waals surface area contributed by atoms with Crippen molar-refractivity contribution in [3.63, 3.8) is 0 Å². The number of rotatable bonds is 6. The standard InChI is InChI=1S/C32H30F3N5O3S/c1-5-18(26(36)29(41)43-31(2,3)4)9-10-20-16-38-28(37)25-24(17-44-27(20)25)19-11-13-22(14-12-19)39-30(42)40-23-8-6-7-21(15-23)32(33,34)35/h6-8,11-18,36H,5H2,1-4H3,(H2,37,38)(H2,39,40,42). The minimum atomic E-state index is -4.52. The zero-order valence-corrected chi connectivity index (χ0v) is 25.2. The number of aromatic nitrogens is 1. The average molecular weight is 622 g/mol. The molecule has 0 saturated carbocycles. The summed E-state index contributed by atoms with van der Waals surface area (Å²) in [5, 5.41) is 15.9. The normalized spacial score (nSPS) is 12.2. The number of fused-ring (bicyclic) bond motifs is 1. The molecule has 2 amide bonds. The molecule has 5 N–H and O–H groups in total. The first-order valence-corrected chi connectivity index (χ1v) is 14.4. The largest absolute Gasteiger partial charge is 0.455 e. The second-order valence-corrected chi connectivity index (χ2v) is 11.7. The summed E-state index contributed by atoms with van der Waals surface area (Å²) in [6, 6.07) is 10.5. The molecule has 0 bridgehead atoms. The molecule has 8 nitrogen and oxygen atoms in total. The van der Waals surface area contributed by atoms with Crippen LogP contribution in [0, 0.1) is 23.2 Å². The zero-order valence-electron chi connectivity index (χ0n) is 24.3. The van der Waals surface area contributed by atoms with E-state index in [4.69, 9.17) is 15.9 Å². The Morgan fingerprint density at radius 3 is 2.41 bits per heavy atom. The maximum Gasteiger partial charge on any atom is 0.416 e. The number of pyridine rings is 1. The maximum absolute atomic E-state index is 13.0. The van der Waals surface area contributed by atoms with E-state index >= 15 is 0 Å². The van der Waals surface area contributed by atoms with Crippen LogP contribution in [0.25, 0.3) is 21.2 Å². The highest BCUT2D eigenvalue weighted by Gasteiger charge is 2.30. The third-order valence-corrected chi connectivity index (χ3v) is 7.30. The Bertz CT molecular complexity index is 1780. The molecule has 0 radical (unpaired) electrons. The highest BCUT2D eigenvalue weighted by molar-refractivity contribution is 7.18. The minimum Gasteiger partial charge on any atom is -0.455 e. The Morgan fingerprint density at radius 2 is 1.77 bits per heavy atom. The molecule has 12 heteroatoms. The van der Waals surface area contributed by atoms with E-state index < -0.39 is 35.3 Å². The van der Waals surface area contributed by atoms with Gasteiger partial charge in [0, 0.05) is 28.5 Å². The SMILES string of the molecule is CCC(C#Cc1cnc(N)c2c(-c3ccc(NC(=O)Nc4cccc(C(F)(F)F)c4)cc3)csc12)C(=N)C(=O)OC(C)(C)C. The van der Waals surface area contributed by atoms with Crippen molar-refractivity contribution < 1.29 is 27.5 Å². The van der Waals surface area contributed by atoms with Crippen LogP contribution in [0.1, 0.15) is 45.2 Å². The van der Waals surface area contributed by atoms with Crippen molar-refractivity contribution >= 4 is 56.3 Å². The third-order valence-electron chi connectivity index (χ3n) is 6.28. The van der Waals surface area contributed by atoms with Gasteiger partial charge in [0.2, 0.25) is 0 Å². The molecule has 0 saturated heterocycles. The van der Waals surface area contributed by atoms with Gasteiger partial charge in [0.15, 0.2) is 0 Å². The van der Waals surface area contributed by atoms with Crippen molar-refractivity contribution in [2.24, 2.45) is 5.92 Å². The van der Waals surface area contributed by atoms with Gasteiger partial charge >= 0.3 is 18.2 Å². The smallest absolute Gasteiger partial charge is 0.416 e. The number of thiophene rings is 1. The molecule has 0 spiro atoms. The molecule has 0 aliphatic rings. The van der Waals surface area contributed by atoms with E-state index in [2.05, 4.69) is 27.5 Å². The summed E-state index contributed by atoms with van der Waals surface area (Å²) in [4.78, 5) is 29.1. The molecule has 228 valence electrons. The van der Waals surface area contributed by atoms with Gasteiger partial charge in [-0.05, 0) is 68.5 Å². The number of carbonyl (C=O) groups excluding carboxylic acids is 2. The van der Waals surface area contributed by atoms with E-state index in [1.807, 2.05) is 12.3 Å². The van der Waals surface area contributed by atoms with E-state index in [1.54, 1.807) is 51.2 Å². The number of hydrogen-bond acceptors (Lipinski definition) is 7. The van der Waals surface area contributed by atoms with Crippen LogP contribution < -0.4 is 16.4 Å². The molecule has 4 aromatic rings. The quantitative estimate of drug-likeness (QED) is 0.0986. The first kappa shape index (κ1) is 32.0. The van der Waals surface area contributed by atoms with Crippen LogP contribution in [0.15, 0.2) is 60.1 Å². The molecule has 0 aliphatic heterocycles. The minimum absolute atomic E-state index is 0.00695. The van der Waals surface area contributed by atoms with Gasteiger partial charge in [0.05, 0.1) is 21.7 Å². The Balaban J connectivity index is 1.52. The number of halogens is 3. The fourth-order valence-corrected chi connectivity index (χ4v) is 5.24. The molecule has 1 atom stereocenters. The van der Waals surface area contributed by atoms with Gasteiger partial charge in [0.1, 0.15) is 17.1 Å². The number of hydrogen-bond donors (Lipinski definition) is 4. The van der Waals surface area contributed by atoms with Gasteiger partial charge in [-0.3, -0.25) is 5.41 Å². The second-order valence-electron chi connectivity index (χ2n) is 10.8. The van der Waals surface area contributed by atoms with Gasteiger partial charge < -0.3 is 21.1 Å². The van der Waals surface area contributed by atoms with Crippen LogP contribution >= 0.6 is 11.3 Å². The fourth-order valence-electron chi connectivity index (χ4n) is 4.19. The number of nitrogens with two attached hydrogens (primary N) is 1. The van der Waals surface area contributed by atoms with E-state index in [9.17, 15) is 22.8 Å². The number of benzene rings is 2. The van der Waals surface area contributed by atoms with Gasteiger partial charge in [-0.1, -0.05) is 37.0 Å². The number of nitrogens with one attached hydrogen (secondary N) is 3. The first-order chi connectivity index (χ1) is 20.7. The number of esters is 1. The van der Waals surface area contributed by atoms with Crippen LogP contribution in [-0.4, -0.2) is 28.3 Å². The maximum atomic E-state index is 13.0. The van der Waals surface area contributed by atoms with E-state index in [-0.39, 0.29) is 11.4 Å². The molecule has 0 aliphatic carbocycles. The molecule has 2 heterocycles. The third kappa shape index (κ3) is 7.73. The highest BCUT2D eigenvalue weighted by Crippen LogP contribution is 2.38. The number of nitrogens with zero attached hydrogens (tertiary/aromatic N) is 1. The summed E-state index contributed by atoms with van der Waals surface area (Å²) < 4.78 is 45.0. The van der Waals surface area contributed by atoms with E-state index in [1.165, 1.54) is 23.5 Å². The van der Waals surface area contributed by atoms with E-state index in [0.717, 1.165) is 28.0 Å². The summed E-state index contributed by atoms with van der Waals surface area (Å²) in [5.41, 5.74) is 7.09. The van der Waals surface area contributed by atoms with Crippen molar-refractivity contribution in [2.45, 2.75) is 45.9 Å². The summed E-state index contributed by atoms with van der Waals surface area (Å²) in [6.45, 7) is 7.05. The number of urea groups is 1. The van der Waals surface area contributed by atoms with E-state index in [0.29, 0.717) is 28.9 Å². The van der Waals surface area contributed by atoms with Crippen LogP contribution in [-0.2, 0) is 15.7 Å². The fraction of sp³-hybridized carbons (Fsp3) is 0.250. The number of amides is 2. The predicted molar refractivity (Wildman–Crippen MR) is 168 cm³/mol. The van der Waals surface area contributed by atoms with Crippen molar-refractivity contribution in [1.29, 1.82) is 5.41 Å². The lowest BCUT2D eigenvalue weighted by Gasteiger charge is -2.20. The molecular formula is C32H30F3N5O3S. The Morgan fingerprint density at radius 1 is 1.09 bits per heavy atom. The number of ether oxygens (including phenoxy) is 1. The first-order valence-electron chi connectivity index (χ1n) is 13.5. The Hall–Kier alpha value is -4.89. The van der Waals surface area contributed by atoms with Gasteiger partial charge in [-0.2, -0.15) is 13.2 Å². The van der Waals surface area contributed by atoms with Crippen molar-refractivity contribution in [1.82, 2.24) is 4.98 Å². The number of alkyl halides is 3. The Labute approximate surface area is 256 Å². The van der Waals surface area contributed by atoms with Crippen LogP contribution in [0.5, 0.6) is 0 Å². The molecule has 2 aromatic carbocycles. The van der Waals surface area contributed by atoms with Gasteiger partial charge in [-0.25, -0.2) is 14.6 Å². The lowest BCUT2D eigenvalue weighted by atomic mass is 9.99. The van der Waals surface area contributed by atoms with Crippen LogP contribution in [0.3, 0.4) is 0 Å². The molecule has 2 aromatic heterocycles. The molecule has 4 rings (SSSR count). The molecule has 44 heavy (non-hydrogen) atoms. The lowest BCUT2D eigenvalue weighted by Crippen LogP contribution is -2.31. The number of carbonyl (C=O) groups is 2. The highest BCUT2D eigenvalue weighted by atomic mass is 32.1. The summed E-state index contributed by atoms with van der Waals surface area (Å²) in [5.74, 6) is 5.06. The van der Waals surface area contributed by atoms with Crippen LogP contribution in [0.2, 0.25) is 0 Å². The Kier molecular flexibility index (Phi) is 9.30. The number of nitrogen functional groups attached to an aromatic ring is 1. The molecule has 1 unspecified atom stereocenters. The van der Waals surface area contributed by atoms with Crippen molar-refractivity contribution in [3.8, 4) is 23.0 Å². The average Bonchev–Trinajstić information content (AvgIpc) is 3.40. The van der Waals surface area contributed by atoms with Gasteiger partial charge in [-0.15, -0.1) is 11.3 Å². The summed E-state index contributed by atoms with van der Waals surface area (Å²) in [6.07, 6.45) is -2.51. The monoisotopic (exact) mass is 621 g/mol. The molecular weight excluding hydrogens is 591 g/mol. The predicted octanol–water partition coefficient (Wildman–Crippen LogP) is 7.95. The topological polar surface area (TPSA) is 130 Å². The number of anilines is 3. The van der Waals surface area contributed by atoms with Crippen LogP contribution in [0.4, 0.5) is 35.2 Å². The van der Waals surface area contributed by atoms with Gasteiger partial charge in [0.25, 0.3) is 0 Å².